The number of aromatic nitrogens is 3. The van der Waals surface area contributed by atoms with Crippen LogP contribution in [0.5, 0.6) is 5.88 Å². The second-order valence-electron chi connectivity index (χ2n) is 4.70. The Morgan fingerprint density at radius 1 is 1.05 bits per heavy atom. The lowest BCUT2D eigenvalue weighted by Crippen LogP contribution is -2.03. The standard InChI is InChI=1S/C16H16N4O/c1-3-21-15-14-13(19-16(17)20-15)9-8-12(18-14)11-7-5-4-6-10(11)2/h4-9H,3H2,1-2H3,(H2,17,19,20). The summed E-state index contributed by atoms with van der Waals surface area (Å²) in [6.45, 7) is 4.46. The number of anilines is 1. The minimum atomic E-state index is 0.191. The summed E-state index contributed by atoms with van der Waals surface area (Å²) < 4.78 is 5.53. The van der Waals surface area contributed by atoms with Gasteiger partial charge in [-0.3, -0.25) is 0 Å². The van der Waals surface area contributed by atoms with E-state index >= 15 is 0 Å². The molecule has 3 aromatic rings. The highest BCUT2D eigenvalue weighted by Gasteiger charge is 2.11. The van der Waals surface area contributed by atoms with E-state index in [-0.39, 0.29) is 5.95 Å². The number of benzene rings is 1. The monoisotopic (exact) mass is 280 g/mol. The number of rotatable bonds is 3. The lowest BCUT2D eigenvalue weighted by molar-refractivity contribution is 0.330. The summed E-state index contributed by atoms with van der Waals surface area (Å²) >= 11 is 0. The predicted molar refractivity (Wildman–Crippen MR) is 83.1 cm³/mol. The van der Waals surface area contributed by atoms with Crippen molar-refractivity contribution in [3.05, 3.63) is 42.0 Å². The highest BCUT2D eigenvalue weighted by molar-refractivity contribution is 5.83. The molecule has 0 saturated heterocycles. The van der Waals surface area contributed by atoms with Crippen molar-refractivity contribution in [1.29, 1.82) is 0 Å². The van der Waals surface area contributed by atoms with Crippen LogP contribution in [0.3, 0.4) is 0 Å². The van der Waals surface area contributed by atoms with Gasteiger partial charge >= 0.3 is 0 Å². The molecule has 1 aromatic carbocycles. The van der Waals surface area contributed by atoms with Gasteiger partial charge in [-0.05, 0) is 31.5 Å². The smallest absolute Gasteiger partial charge is 0.245 e. The van der Waals surface area contributed by atoms with E-state index < -0.39 is 0 Å². The molecule has 0 amide bonds. The summed E-state index contributed by atoms with van der Waals surface area (Å²) in [5.74, 6) is 0.617. The molecule has 5 heteroatoms. The fraction of sp³-hybridized carbons (Fsp3) is 0.188. The van der Waals surface area contributed by atoms with Crippen molar-refractivity contribution < 1.29 is 4.74 Å². The van der Waals surface area contributed by atoms with Crippen LogP contribution in [0.2, 0.25) is 0 Å². The second-order valence-corrected chi connectivity index (χ2v) is 4.70. The van der Waals surface area contributed by atoms with E-state index in [0.717, 1.165) is 11.3 Å². The molecule has 0 spiro atoms. The molecule has 0 aliphatic heterocycles. The Morgan fingerprint density at radius 3 is 2.62 bits per heavy atom. The predicted octanol–water partition coefficient (Wildman–Crippen LogP) is 2.98. The highest BCUT2D eigenvalue weighted by atomic mass is 16.5. The van der Waals surface area contributed by atoms with Gasteiger partial charge in [0.25, 0.3) is 0 Å². The van der Waals surface area contributed by atoms with Crippen molar-refractivity contribution >= 4 is 17.0 Å². The summed E-state index contributed by atoms with van der Waals surface area (Å²) in [6, 6.07) is 11.9. The van der Waals surface area contributed by atoms with E-state index in [1.165, 1.54) is 5.56 Å². The lowest BCUT2D eigenvalue weighted by Gasteiger charge is -2.09. The molecule has 0 atom stereocenters. The van der Waals surface area contributed by atoms with Crippen molar-refractivity contribution in [1.82, 2.24) is 15.0 Å². The molecule has 21 heavy (non-hydrogen) atoms. The van der Waals surface area contributed by atoms with E-state index in [1.807, 2.05) is 37.3 Å². The number of nitrogens with zero attached hydrogens (tertiary/aromatic N) is 3. The minimum Gasteiger partial charge on any atom is -0.476 e. The van der Waals surface area contributed by atoms with E-state index in [0.29, 0.717) is 23.5 Å². The number of ether oxygens (including phenoxy) is 1. The van der Waals surface area contributed by atoms with Gasteiger partial charge in [0.05, 0.1) is 17.8 Å². The van der Waals surface area contributed by atoms with Gasteiger partial charge in [0, 0.05) is 5.56 Å². The third-order valence-electron chi connectivity index (χ3n) is 3.23. The molecular formula is C16H16N4O. The van der Waals surface area contributed by atoms with Gasteiger partial charge in [-0.1, -0.05) is 24.3 Å². The maximum Gasteiger partial charge on any atom is 0.245 e. The quantitative estimate of drug-likeness (QED) is 0.798. The average molecular weight is 280 g/mol. The van der Waals surface area contributed by atoms with Gasteiger partial charge < -0.3 is 10.5 Å². The fourth-order valence-corrected chi connectivity index (χ4v) is 2.25. The maximum atomic E-state index is 5.70. The SMILES string of the molecule is CCOc1nc(N)nc2ccc(-c3ccccc3C)nc12. The van der Waals surface area contributed by atoms with Crippen LogP contribution >= 0.6 is 0 Å². The molecular weight excluding hydrogens is 264 g/mol. The maximum absolute atomic E-state index is 5.70. The topological polar surface area (TPSA) is 73.9 Å². The number of pyridine rings is 1. The molecule has 0 fully saturated rings. The number of hydrogen-bond donors (Lipinski definition) is 1. The Balaban J connectivity index is 2.22. The summed E-state index contributed by atoms with van der Waals surface area (Å²) in [7, 11) is 0. The molecule has 0 bridgehead atoms. The van der Waals surface area contributed by atoms with Crippen LogP contribution in [0.15, 0.2) is 36.4 Å². The Bertz CT molecular complexity index is 801. The number of nitrogen functional groups attached to an aromatic ring is 1. The van der Waals surface area contributed by atoms with Gasteiger partial charge in [0.2, 0.25) is 11.8 Å². The Kier molecular flexibility index (Phi) is 3.39. The molecule has 5 nitrogen and oxygen atoms in total. The van der Waals surface area contributed by atoms with Crippen molar-refractivity contribution in [2.24, 2.45) is 0 Å². The number of fused-ring (bicyclic) bond motifs is 1. The van der Waals surface area contributed by atoms with Crippen molar-refractivity contribution in [3.8, 4) is 17.1 Å². The second kappa shape index (κ2) is 5.36. The third kappa shape index (κ3) is 2.50. The van der Waals surface area contributed by atoms with Crippen LogP contribution in [0.25, 0.3) is 22.3 Å². The third-order valence-corrected chi connectivity index (χ3v) is 3.23. The molecule has 106 valence electrons. The number of aryl methyl sites for hydroxylation is 1. The minimum absolute atomic E-state index is 0.191. The van der Waals surface area contributed by atoms with E-state index in [2.05, 4.69) is 27.9 Å². The fourth-order valence-electron chi connectivity index (χ4n) is 2.25. The van der Waals surface area contributed by atoms with Crippen LogP contribution in [0.1, 0.15) is 12.5 Å². The zero-order chi connectivity index (χ0) is 14.8. The van der Waals surface area contributed by atoms with Gasteiger partial charge in [0.15, 0.2) is 5.52 Å². The van der Waals surface area contributed by atoms with Gasteiger partial charge in [0.1, 0.15) is 0 Å². The van der Waals surface area contributed by atoms with Gasteiger partial charge in [-0.15, -0.1) is 0 Å². The average Bonchev–Trinajstić information content (AvgIpc) is 2.48. The van der Waals surface area contributed by atoms with Crippen LogP contribution < -0.4 is 10.5 Å². The zero-order valence-corrected chi connectivity index (χ0v) is 12.0. The largest absolute Gasteiger partial charge is 0.476 e. The highest BCUT2D eigenvalue weighted by Crippen LogP contribution is 2.27. The molecule has 0 saturated carbocycles. The van der Waals surface area contributed by atoms with Crippen LogP contribution in [-0.2, 0) is 0 Å². The van der Waals surface area contributed by atoms with E-state index in [1.54, 1.807) is 0 Å². The Labute approximate surface area is 122 Å². The summed E-state index contributed by atoms with van der Waals surface area (Å²) in [6.07, 6.45) is 0. The van der Waals surface area contributed by atoms with E-state index in [9.17, 15) is 0 Å². The van der Waals surface area contributed by atoms with Crippen LogP contribution in [0, 0.1) is 6.92 Å². The first kappa shape index (κ1) is 13.3. The molecule has 3 rings (SSSR count). The first-order valence-electron chi connectivity index (χ1n) is 6.82. The molecule has 0 aliphatic rings. The first-order chi connectivity index (χ1) is 10.2. The summed E-state index contributed by atoms with van der Waals surface area (Å²) in [4.78, 5) is 13.0. The summed E-state index contributed by atoms with van der Waals surface area (Å²) in [5.41, 5.74) is 10.1. The molecule has 0 radical (unpaired) electrons. The molecule has 2 aromatic heterocycles. The van der Waals surface area contributed by atoms with E-state index in [4.69, 9.17) is 10.5 Å². The molecule has 0 unspecified atom stereocenters. The molecule has 0 aliphatic carbocycles. The Hall–Kier alpha value is -2.69. The van der Waals surface area contributed by atoms with Crippen molar-refractivity contribution in [2.45, 2.75) is 13.8 Å². The summed E-state index contributed by atoms with van der Waals surface area (Å²) in [5, 5.41) is 0. The molecule has 2 heterocycles. The van der Waals surface area contributed by atoms with Crippen LogP contribution in [0.4, 0.5) is 5.95 Å². The Morgan fingerprint density at radius 2 is 1.86 bits per heavy atom. The van der Waals surface area contributed by atoms with Gasteiger partial charge in [-0.25, -0.2) is 9.97 Å². The number of hydrogen-bond acceptors (Lipinski definition) is 5. The lowest BCUT2D eigenvalue weighted by atomic mass is 10.1. The molecule has 2 N–H and O–H groups in total. The van der Waals surface area contributed by atoms with Gasteiger partial charge in [-0.2, -0.15) is 4.98 Å². The van der Waals surface area contributed by atoms with Crippen LogP contribution in [-0.4, -0.2) is 21.6 Å². The van der Waals surface area contributed by atoms with Crippen molar-refractivity contribution in [2.75, 3.05) is 12.3 Å². The normalized spacial score (nSPS) is 10.8. The van der Waals surface area contributed by atoms with Crippen molar-refractivity contribution in [3.63, 3.8) is 0 Å². The zero-order valence-electron chi connectivity index (χ0n) is 12.0. The first-order valence-corrected chi connectivity index (χ1v) is 6.82. The number of nitrogens with two attached hydrogens (primary N) is 1.